The van der Waals surface area contributed by atoms with E-state index in [2.05, 4.69) is 27.6 Å². The van der Waals surface area contributed by atoms with Gasteiger partial charge in [-0.2, -0.15) is 5.10 Å². The fourth-order valence-corrected chi connectivity index (χ4v) is 2.82. The number of amides is 1. The quantitative estimate of drug-likeness (QED) is 0.804. The maximum atomic E-state index is 12.2. The lowest BCUT2D eigenvalue weighted by Gasteiger charge is -2.30. The largest absolute Gasteiger partial charge is 0.395 e. The van der Waals surface area contributed by atoms with Gasteiger partial charge in [0.2, 0.25) is 0 Å². The molecule has 1 aliphatic carbocycles. The second-order valence-corrected chi connectivity index (χ2v) is 5.86. The third-order valence-electron chi connectivity index (χ3n) is 4.10. The first-order valence-electron chi connectivity index (χ1n) is 7.27. The zero-order chi connectivity index (χ0) is 15.0. The van der Waals surface area contributed by atoms with Crippen LogP contribution in [0.15, 0.2) is 24.3 Å². The molecule has 0 radical (unpaired) electrons. The molecule has 0 spiro atoms. The smallest absolute Gasteiger partial charge is 0.273 e. The summed E-state index contributed by atoms with van der Waals surface area (Å²) < 4.78 is 0. The zero-order valence-corrected chi connectivity index (χ0v) is 12.3. The second kappa shape index (κ2) is 5.24. The minimum Gasteiger partial charge on any atom is -0.395 e. The Morgan fingerprint density at radius 3 is 2.90 bits per heavy atom. The Balaban J connectivity index is 1.63. The van der Waals surface area contributed by atoms with Crippen molar-refractivity contribution < 1.29 is 4.79 Å². The van der Waals surface area contributed by atoms with Gasteiger partial charge in [0.05, 0.1) is 11.4 Å². The number of nitrogens with two attached hydrogens (primary N) is 1. The third-order valence-corrected chi connectivity index (χ3v) is 4.10. The molecule has 4 N–H and O–H groups in total. The number of nitrogen functional groups attached to an aromatic ring is 1. The standard InChI is InChI=1S/C16H20N4O/c1-9(2)14-13(17)15(20-19-14)16(21)18-8-11-7-10-5-3-4-6-12(10)11/h3-6,9,11H,7-8,17H2,1-2H3,(H,18,21)(H,19,20). The number of carbonyl (C=O) groups is 1. The molecule has 21 heavy (non-hydrogen) atoms. The number of nitrogens with one attached hydrogen (secondary N) is 2. The van der Waals surface area contributed by atoms with Crippen LogP contribution in [0.4, 0.5) is 5.69 Å². The number of fused-ring (bicyclic) bond motifs is 1. The van der Waals surface area contributed by atoms with Crippen molar-refractivity contribution >= 4 is 11.6 Å². The van der Waals surface area contributed by atoms with Gasteiger partial charge in [0, 0.05) is 12.5 Å². The number of nitrogens with zero attached hydrogens (tertiary/aromatic N) is 1. The van der Waals surface area contributed by atoms with Gasteiger partial charge in [0.1, 0.15) is 0 Å². The summed E-state index contributed by atoms with van der Waals surface area (Å²) in [6.07, 6.45) is 1.02. The van der Waals surface area contributed by atoms with Crippen molar-refractivity contribution in [3.8, 4) is 0 Å². The normalized spacial score (nSPS) is 16.4. The first-order chi connectivity index (χ1) is 10.1. The van der Waals surface area contributed by atoms with Gasteiger partial charge >= 0.3 is 0 Å². The molecule has 110 valence electrons. The maximum absolute atomic E-state index is 12.2. The summed E-state index contributed by atoms with van der Waals surface area (Å²) >= 11 is 0. The lowest BCUT2D eigenvalue weighted by atomic mass is 9.77. The highest BCUT2D eigenvalue weighted by Crippen LogP contribution is 2.34. The predicted octanol–water partition coefficient (Wildman–Crippen LogP) is 2.19. The van der Waals surface area contributed by atoms with E-state index < -0.39 is 0 Å². The molecule has 0 saturated carbocycles. The van der Waals surface area contributed by atoms with Crippen LogP contribution < -0.4 is 11.1 Å². The van der Waals surface area contributed by atoms with E-state index in [4.69, 9.17) is 5.73 Å². The fourth-order valence-electron chi connectivity index (χ4n) is 2.82. The van der Waals surface area contributed by atoms with Crippen LogP contribution in [-0.4, -0.2) is 22.6 Å². The van der Waals surface area contributed by atoms with E-state index in [1.807, 2.05) is 26.0 Å². The molecule has 1 unspecified atom stereocenters. The van der Waals surface area contributed by atoms with Crippen molar-refractivity contribution in [1.29, 1.82) is 0 Å². The van der Waals surface area contributed by atoms with Crippen LogP contribution in [0, 0.1) is 0 Å². The van der Waals surface area contributed by atoms with E-state index >= 15 is 0 Å². The molecular formula is C16H20N4O. The fraction of sp³-hybridized carbons (Fsp3) is 0.375. The first kappa shape index (κ1) is 13.7. The van der Waals surface area contributed by atoms with Crippen molar-refractivity contribution in [2.24, 2.45) is 0 Å². The van der Waals surface area contributed by atoms with Gasteiger partial charge in [-0.15, -0.1) is 0 Å². The van der Waals surface area contributed by atoms with Gasteiger partial charge in [-0.1, -0.05) is 38.1 Å². The summed E-state index contributed by atoms with van der Waals surface area (Å²) in [6.45, 7) is 4.65. The van der Waals surface area contributed by atoms with Gasteiger partial charge in [-0.05, 0) is 23.5 Å². The highest BCUT2D eigenvalue weighted by atomic mass is 16.1. The van der Waals surface area contributed by atoms with Gasteiger partial charge in [-0.3, -0.25) is 9.89 Å². The summed E-state index contributed by atoms with van der Waals surface area (Å²) in [5.74, 6) is 0.410. The Morgan fingerprint density at radius 2 is 2.24 bits per heavy atom. The summed E-state index contributed by atoms with van der Waals surface area (Å²) in [6, 6.07) is 8.34. The van der Waals surface area contributed by atoms with E-state index in [0.29, 0.717) is 23.8 Å². The molecule has 5 nitrogen and oxygen atoms in total. The molecule has 1 atom stereocenters. The van der Waals surface area contributed by atoms with E-state index in [0.717, 1.165) is 12.1 Å². The molecule has 1 amide bonds. The number of aromatic nitrogens is 2. The Bertz CT molecular complexity index is 675. The monoisotopic (exact) mass is 284 g/mol. The van der Waals surface area contributed by atoms with Gasteiger partial charge < -0.3 is 11.1 Å². The number of aromatic amines is 1. The molecule has 0 saturated heterocycles. The molecule has 0 bridgehead atoms. The number of benzene rings is 1. The number of carbonyl (C=O) groups excluding carboxylic acids is 1. The minimum absolute atomic E-state index is 0.208. The van der Waals surface area contributed by atoms with Crippen LogP contribution in [0.2, 0.25) is 0 Å². The Labute approximate surface area is 123 Å². The first-order valence-corrected chi connectivity index (χ1v) is 7.27. The van der Waals surface area contributed by atoms with Gasteiger partial charge in [0.25, 0.3) is 5.91 Å². The average molecular weight is 284 g/mol. The Morgan fingerprint density at radius 1 is 1.48 bits per heavy atom. The lowest BCUT2D eigenvalue weighted by molar-refractivity contribution is 0.0946. The van der Waals surface area contributed by atoms with Crippen LogP contribution in [0.1, 0.15) is 53.0 Å². The van der Waals surface area contributed by atoms with Crippen molar-refractivity contribution in [3.63, 3.8) is 0 Å². The molecule has 1 aliphatic rings. The predicted molar refractivity (Wildman–Crippen MR) is 82.3 cm³/mol. The Kier molecular flexibility index (Phi) is 3.41. The highest BCUT2D eigenvalue weighted by Gasteiger charge is 2.26. The van der Waals surface area contributed by atoms with Crippen LogP contribution >= 0.6 is 0 Å². The lowest BCUT2D eigenvalue weighted by Crippen LogP contribution is -2.33. The van der Waals surface area contributed by atoms with Crippen molar-refractivity contribution in [2.45, 2.75) is 32.1 Å². The van der Waals surface area contributed by atoms with E-state index in [1.165, 1.54) is 11.1 Å². The molecule has 1 heterocycles. The van der Waals surface area contributed by atoms with Crippen molar-refractivity contribution in [2.75, 3.05) is 12.3 Å². The summed E-state index contributed by atoms with van der Waals surface area (Å²) in [5.41, 5.74) is 10.2. The highest BCUT2D eigenvalue weighted by molar-refractivity contribution is 5.97. The molecular weight excluding hydrogens is 264 g/mol. The second-order valence-electron chi connectivity index (χ2n) is 5.86. The molecule has 0 fully saturated rings. The van der Waals surface area contributed by atoms with Crippen molar-refractivity contribution in [1.82, 2.24) is 15.5 Å². The molecule has 2 aromatic rings. The van der Waals surface area contributed by atoms with E-state index in [9.17, 15) is 4.79 Å². The molecule has 3 rings (SSSR count). The SMILES string of the molecule is CC(C)c1[nH]nc(C(=O)NCC2Cc3ccccc32)c1N. The third kappa shape index (κ3) is 2.39. The summed E-state index contributed by atoms with van der Waals surface area (Å²) in [5, 5.41) is 9.82. The number of hydrogen-bond donors (Lipinski definition) is 3. The molecule has 1 aromatic heterocycles. The average Bonchev–Trinajstić information content (AvgIpc) is 2.81. The van der Waals surface area contributed by atoms with E-state index in [-0.39, 0.29) is 11.8 Å². The van der Waals surface area contributed by atoms with Gasteiger partial charge in [-0.25, -0.2) is 0 Å². The molecule has 0 aliphatic heterocycles. The topological polar surface area (TPSA) is 83.8 Å². The zero-order valence-electron chi connectivity index (χ0n) is 12.3. The van der Waals surface area contributed by atoms with Gasteiger partial charge in [0.15, 0.2) is 5.69 Å². The van der Waals surface area contributed by atoms with Crippen molar-refractivity contribution in [3.05, 3.63) is 46.8 Å². The number of hydrogen-bond acceptors (Lipinski definition) is 3. The minimum atomic E-state index is -0.208. The van der Waals surface area contributed by atoms with Crippen LogP contribution in [-0.2, 0) is 6.42 Å². The maximum Gasteiger partial charge on any atom is 0.273 e. The number of rotatable bonds is 4. The number of H-pyrrole nitrogens is 1. The van der Waals surface area contributed by atoms with Crippen LogP contribution in [0.3, 0.4) is 0 Å². The summed E-state index contributed by atoms with van der Waals surface area (Å²) in [4.78, 5) is 12.2. The Hall–Kier alpha value is -2.30. The summed E-state index contributed by atoms with van der Waals surface area (Å²) in [7, 11) is 0. The van der Waals surface area contributed by atoms with Crippen LogP contribution in [0.5, 0.6) is 0 Å². The molecule has 1 aromatic carbocycles. The van der Waals surface area contributed by atoms with Crippen LogP contribution in [0.25, 0.3) is 0 Å². The van der Waals surface area contributed by atoms with E-state index in [1.54, 1.807) is 0 Å². The molecule has 5 heteroatoms. The number of anilines is 1.